The molecule has 0 fully saturated rings. The van der Waals surface area contributed by atoms with Crippen molar-refractivity contribution in [3.8, 4) is 0 Å². The van der Waals surface area contributed by atoms with E-state index in [1.54, 1.807) is 0 Å². The van der Waals surface area contributed by atoms with Crippen molar-refractivity contribution in [2.24, 2.45) is 0 Å². The molecule has 19 heavy (non-hydrogen) atoms. The molecule has 0 radical (unpaired) electrons. The van der Waals surface area contributed by atoms with Crippen molar-refractivity contribution in [3.05, 3.63) is 55.9 Å². The van der Waals surface area contributed by atoms with E-state index in [9.17, 15) is 4.79 Å². The topological polar surface area (TPSA) is 57.8 Å². The van der Waals surface area contributed by atoms with Gasteiger partial charge in [0.2, 0.25) is 5.95 Å². The Morgan fingerprint density at radius 2 is 2.05 bits per heavy atom. The Labute approximate surface area is 119 Å². The lowest BCUT2D eigenvalue weighted by atomic mass is 10.2. The van der Waals surface area contributed by atoms with Gasteiger partial charge in [-0.3, -0.25) is 9.78 Å². The first-order chi connectivity index (χ1) is 9.22. The van der Waals surface area contributed by atoms with Gasteiger partial charge >= 0.3 is 0 Å². The molecule has 1 aromatic carbocycles. The summed E-state index contributed by atoms with van der Waals surface area (Å²) in [6, 6.07) is 8.05. The molecule has 0 bridgehead atoms. The smallest absolute Gasteiger partial charge is 0.255 e. The number of anilines is 1. The van der Waals surface area contributed by atoms with Crippen molar-refractivity contribution >= 4 is 21.9 Å². The number of nitrogens with zero attached hydrogens (tertiary/aromatic N) is 1. The number of rotatable bonds is 3. The van der Waals surface area contributed by atoms with Gasteiger partial charge in [-0.2, -0.15) is 0 Å². The van der Waals surface area contributed by atoms with Crippen LogP contribution in [0.15, 0.2) is 33.5 Å². The minimum Gasteiger partial charge on any atom is -0.352 e. The summed E-state index contributed by atoms with van der Waals surface area (Å²) in [6.07, 6.45) is 2.79. The van der Waals surface area contributed by atoms with Crippen molar-refractivity contribution < 1.29 is 0 Å². The van der Waals surface area contributed by atoms with Crippen molar-refractivity contribution in [2.45, 2.75) is 25.8 Å². The molecule has 0 unspecified atom stereocenters. The summed E-state index contributed by atoms with van der Waals surface area (Å²) in [6.45, 7) is 0.648. The number of aromatic nitrogens is 2. The molecule has 1 aliphatic carbocycles. The predicted octanol–water partition coefficient (Wildman–Crippen LogP) is 2.63. The second kappa shape index (κ2) is 5.17. The number of hydrogen-bond acceptors (Lipinski definition) is 3. The van der Waals surface area contributed by atoms with Crippen LogP contribution in [0.1, 0.15) is 23.2 Å². The van der Waals surface area contributed by atoms with Crippen molar-refractivity contribution in [1.82, 2.24) is 9.97 Å². The van der Waals surface area contributed by atoms with Crippen LogP contribution < -0.4 is 10.9 Å². The first-order valence-electron chi connectivity index (χ1n) is 6.33. The lowest BCUT2D eigenvalue weighted by Crippen LogP contribution is -2.17. The summed E-state index contributed by atoms with van der Waals surface area (Å²) in [5.74, 6) is 0.563. The summed E-state index contributed by atoms with van der Waals surface area (Å²) >= 11 is 3.40. The number of fused-ring (bicyclic) bond motifs is 1. The standard InChI is InChI=1S/C14H14BrN3O/c15-10-6-4-9(5-7-10)8-16-14-17-12-3-1-2-11(12)13(19)18-14/h4-7H,1-3,8H2,(H2,16,17,18,19). The first kappa shape index (κ1) is 12.4. The van der Waals surface area contributed by atoms with Crippen LogP contribution in [-0.2, 0) is 19.4 Å². The molecule has 2 N–H and O–H groups in total. The van der Waals surface area contributed by atoms with Gasteiger partial charge in [0, 0.05) is 16.6 Å². The fraction of sp³-hybridized carbons (Fsp3) is 0.286. The number of benzene rings is 1. The maximum atomic E-state index is 11.8. The third kappa shape index (κ3) is 2.71. The average Bonchev–Trinajstić information content (AvgIpc) is 2.87. The van der Waals surface area contributed by atoms with E-state index in [4.69, 9.17) is 0 Å². The van der Waals surface area contributed by atoms with Gasteiger partial charge in [0.15, 0.2) is 0 Å². The zero-order valence-corrected chi connectivity index (χ0v) is 12.0. The van der Waals surface area contributed by atoms with Crippen LogP contribution >= 0.6 is 15.9 Å². The Bertz CT molecular complexity index is 649. The van der Waals surface area contributed by atoms with Gasteiger partial charge in [-0.05, 0) is 37.0 Å². The van der Waals surface area contributed by atoms with Gasteiger partial charge < -0.3 is 5.32 Å². The Morgan fingerprint density at radius 3 is 2.84 bits per heavy atom. The summed E-state index contributed by atoms with van der Waals surface area (Å²) < 4.78 is 1.06. The molecule has 0 atom stereocenters. The number of aromatic amines is 1. The predicted molar refractivity (Wildman–Crippen MR) is 78.4 cm³/mol. The monoisotopic (exact) mass is 319 g/mol. The van der Waals surface area contributed by atoms with E-state index in [0.717, 1.165) is 40.6 Å². The second-order valence-corrected chi connectivity index (χ2v) is 5.59. The Morgan fingerprint density at radius 1 is 1.26 bits per heavy atom. The van der Waals surface area contributed by atoms with E-state index in [2.05, 4.69) is 31.2 Å². The maximum Gasteiger partial charge on any atom is 0.255 e. The summed E-state index contributed by atoms with van der Waals surface area (Å²) in [4.78, 5) is 19.1. The minimum atomic E-state index is 0.000746. The maximum absolute atomic E-state index is 11.8. The molecule has 4 nitrogen and oxygen atoms in total. The normalized spacial score (nSPS) is 13.3. The fourth-order valence-electron chi connectivity index (χ4n) is 2.31. The van der Waals surface area contributed by atoms with Crippen LogP contribution in [-0.4, -0.2) is 9.97 Å². The molecule has 1 aliphatic rings. The van der Waals surface area contributed by atoms with Crippen LogP contribution in [0.2, 0.25) is 0 Å². The summed E-state index contributed by atoms with van der Waals surface area (Å²) in [5.41, 5.74) is 2.95. The van der Waals surface area contributed by atoms with E-state index < -0.39 is 0 Å². The van der Waals surface area contributed by atoms with E-state index in [-0.39, 0.29) is 5.56 Å². The quantitative estimate of drug-likeness (QED) is 0.914. The molecule has 0 saturated carbocycles. The first-order valence-corrected chi connectivity index (χ1v) is 7.12. The molecule has 0 saturated heterocycles. The van der Waals surface area contributed by atoms with E-state index >= 15 is 0 Å². The fourth-order valence-corrected chi connectivity index (χ4v) is 2.58. The lowest BCUT2D eigenvalue weighted by Gasteiger charge is -2.07. The molecule has 5 heteroatoms. The highest BCUT2D eigenvalue weighted by atomic mass is 79.9. The molecule has 1 heterocycles. The summed E-state index contributed by atoms with van der Waals surface area (Å²) in [7, 11) is 0. The lowest BCUT2D eigenvalue weighted by molar-refractivity contribution is 0.898. The Kier molecular flexibility index (Phi) is 3.38. The largest absolute Gasteiger partial charge is 0.352 e. The number of nitrogens with one attached hydrogen (secondary N) is 2. The molecular weight excluding hydrogens is 306 g/mol. The number of H-pyrrole nitrogens is 1. The molecule has 0 spiro atoms. The van der Waals surface area contributed by atoms with Gasteiger partial charge in [0.1, 0.15) is 0 Å². The SMILES string of the molecule is O=c1[nH]c(NCc2ccc(Br)cc2)nc2c1CCC2. The third-order valence-electron chi connectivity index (χ3n) is 3.31. The minimum absolute atomic E-state index is 0.000746. The third-order valence-corrected chi connectivity index (χ3v) is 3.84. The molecule has 3 rings (SSSR count). The van der Waals surface area contributed by atoms with E-state index in [0.29, 0.717) is 12.5 Å². The van der Waals surface area contributed by atoms with Crippen LogP contribution in [0.25, 0.3) is 0 Å². The number of aryl methyl sites for hydroxylation is 1. The molecule has 1 aromatic heterocycles. The van der Waals surface area contributed by atoms with Crippen LogP contribution in [0, 0.1) is 0 Å². The molecule has 0 aliphatic heterocycles. The number of halogens is 1. The molecule has 2 aromatic rings. The molecular formula is C14H14BrN3O. The van der Waals surface area contributed by atoms with Gasteiger partial charge in [-0.15, -0.1) is 0 Å². The average molecular weight is 320 g/mol. The number of hydrogen-bond donors (Lipinski definition) is 2. The van der Waals surface area contributed by atoms with Gasteiger partial charge in [0.05, 0.1) is 5.69 Å². The van der Waals surface area contributed by atoms with E-state index in [1.807, 2.05) is 24.3 Å². The zero-order valence-electron chi connectivity index (χ0n) is 10.4. The summed E-state index contributed by atoms with van der Waals surface area (Å²) in [5, 5.41) is 3.17. The van der Waals surface area contributed by atoms with Crippen LogP contribution in [0.5, 0.6) is 0 Å². The van der Waals surface area contributed by atoms with Gasteiger partial charge in [-0.1, -0.05) is 28.1 Å². The Hall–Kier alpha value is -1.62. The zero-order chi connectivity index (χ0) is 13.2. The van der Waals surface area contributed by atoms with Crippen LogP contribution in [0.4, 0.5) is 5.95 Å². The highest BCUT2D eigenvalue weighted by Crippen LogP contribution is 2.17. The molecule has 98 valence electrons. The van der Waals surface area contributed by atoms with Crippen molar-refractivity contribution in [2.75, 3.05) is 5.32 Å². The van der Waals surface area contributed by atoms with Crippen LogP contribution in [0.3, 0.4) is 0 Å². The van der Waals surface area contributed by atoms with Crippen molar-refractivity contribution in [1.29, 1.82) is 0 Å². The second-order valence-electron chi connectivity index (χ2n) is 4.67. The van der Waals surface area contributed by atoms with Gasteiger partial charge in [0.25, 0.3) is 5.56 Å². The highest BCUT2D eigenvalue weighted by molar-refractivity contribution is 9.10. The van der Waals surface area contributed by atoms with Gasteiger partial charge in [-0.25, -0.2) is 4.98 Å². The Balaban J connectivity index is 1.75. The highest BCUT2D eigenvalue weighted by Gasteiger charge is 2.16. The van der Waals surface area contributed by atoms with E-state index in [1.165, 1.54) is 0 Å². The van der Waals surface area contributed by atoms with Crippen molar-refractivity contribution in [3.63, 3.8) is 0 Å². The molecule has 0 amide bonds.